The van der Waals surface area contributed by atoms with Crippen molar-refractivity contribution < 1.29 is 38.4 Å². The first kappa shape index (κ1) is 38.8. The van der Waals surface area contributed by atoms with Gasteiger partial charge in [0, 0.05) is 18.9 Å². The van der Waals surface area contributed by atoms with Gasteiger partial charge in [-0.25, -0.2) is 9.59 Å². The number of hydrogen-bond acceptors (Lipinski definition) is 7. The maximum absolute atomic E-state index is 12.7. The van der Waals surface area contributed by atoms with Gasteiger partial charge in [0.15, 0.2) is 0 Å². The highest BCUT2D eigenvalue weighted by Gasteiger charge is 2.60. The summed E-state index contributed by atoms with van der Waals surface area (Å²) in [5, 5.41) is 12.0. The lowest BCUT2D eigenvalue weighted by Crippen LogP contribution is -2.54. The van der Waals surface area contributed by atoms with Crippen molar-refractivity contribution in [3.05, 3.63) is 59.7 Å². The number of hydrogen-bond donors (Lipinski definition) is 2. The van der Waals surface area contributed by atoms with Crippen LogP contribution in [-0.4, -0.2) is 68.8 Å². The third-order valence-corrected chi connectivity index (χ3v) is 14.9. The number of carbonyl (C=O) groups is 3. The molecule has 4 fully saturated rings. The Bertz CT molecular complexity index is 1600. The van der Waals surface area contributed by atoms with Crippen molar-refractivity contribution >= 4 is 18.0 Å². The van der Waals surface area contributed by atoms with Gasteiger partial charge in [-0.2, -0.15) is 0 Å². The van der Waals surface area contributed by atoms with Crippen LogP contribution < -0.4 is 5.32 Å². The lowest BCUT2D eigenvalue weighted by atomic mass is 9.44. The smallest absolute Gasteiger partial charge is 0.407 e. The van der Waals surface area contributed by atoms with Gasteiger partial charge in [-0.1, -0.05) is 69.3 Å². The van der Waals surface area contributed by atoms with Crippen molar-refractivity contribution in [1.82, 2.24) is 5.32 Å². The van der Waals surface area contributed by atoms with E-state index in [-0.39, 0.29) is 44.2 Å². The van der Waals surface area contributed by atoms with Gasteiger partial charge in [0.05, 0.1) is 19.8 Å². The van der Waals surface area contributed by atoms with Crippen molar-refractivity contribution in [3.8, 4) is 11.1 Å². The van der Waals surface area contributed by atoms with Crippen LogP contribution in [0.25, 0.3) is 11.1 Å². The van der Waals surface area contributed by atoms with Crippen LogP contribution in [0, 0.1) is 46.3 Å². The Balaban J connectivity index is 0.761. The van der Waals surface area contributed by atoms with E-state index < -0.39 is 12.1 Å². The maximum Gasteiger partial charge on any atom is 0.407 e. The predicted octanol–water partition coefficient (Wildman–Crippen LogP) is 8.63. The molecule has 2 N–H and O–H groups in total. The number of esters is 1. The summed E-state index contributed by atoms with van der Waals surface area (Å²) >= 11 is 0. The highest BCUT2D eigenvalue weighted by Crippen LogP contribution is 2.68. The van der Waals surface area contributed by atoms with Crippen LogP contribution in [0.3, 0.4) is 0 Å². The molecule has 5 aliphatic rings. The molecular weight excluding hydrogens is 682 g/mol. The monoisotopic (exact) mass is 743 g/mol. The summed E-state index contributed by atoms with van der Waals surface area (Å²) in [4.78, 5) is 36.4. The second kappa shape index (κ2) is 16.7. The molecular formula is C45H61NO8. The van der Waals surface area contributed by atoms with Gasteiger partial charge in [0.2, 0.25) is 0 Å². The van der Waals surface area contributed by atoms with E-state index in [1.807, 2.05) is 24.3 Å². The van der Waals surface area contributed by atoms with Gasteiger partial charge in [0.1, 0.15) is 19.3 Å². The van der Waals surface area contributed by atoms with E-state index in [4.69, 9.17) is 18.9 Å². The van der Waals surface area contributed by atoms with Crippen LogP contribution in [0.2, 0.25) is 0 Å². The second-order valence-corrected chi connectivity index (χ2v) is 17.6. The van der Waals surface area contributed by atoms with Crippen LogP contribution in [0.15, 0.2) is 48.5 Å². The molecule has 5 aliphatic carbocycles. The molecule has 0 aromatic heterocycles. The minimum Gasteiger partial charge on any atom is -0.481 e. The molecule has 0 spiro atoms. The SMILES string of the molecule is C[C@H](CCC(=O)O)[C@H]1CC[C@H]2[C@@H]3CC[C@@H]4C[C@@H](OC(=O)COCCOCCNC(=O)OCC5c6ccccc6-c6ccccc65)CC[C@]4(C)[C@H]3CC[C@]12C. The third-order valence-electron chi connectivity index (χ3n) is 14.9. The van der Waals surface area contributed by atoms with Crippen molar-refractivity contribution in [1.29, 1.82) is 0 Å². The molecule has 4 saturated carbocycles. The summed E-state index contributed by atoms with van der Waals surface area (Å²) < 4.78 is 22.7. The van der Waals surface area contributed by atoms with Gasteiger partial charge in [-0.3, -0.25) is 4.79 Å². The van der Waals surface area contributed by atoms with E-state index >= 15 is 0 Å². The van der Waals surface area contributed by atoms with Gasteiger partial charge in [-0.05, 0) is 133 Å². The molecule has 0 radical (unpaired) electrons. The van der Waals surface area contributed by atoms with E-state index in [0.29, 0.717) is 48.3 Å². The number of nitrogens with one attached hydrogen (secondary N) is 1. The highest BCUT2D eigenvalue weighted by molar-refractivity contribution is 5.79. The molecule has 9 heteroatoms. The largest absolute Gasteiger partial charge is 0.481 e. The Morgan fingerprint density at radius 3 is 2.26 bits per heavy atom. The Morgan fingerprint density at radius 2 is 1.52 bits per heavy atom. The van der Waals surface area contributed by atoms with E-state index in [9.17, 15) is 19.5 Å². The number of carboxylic acid groups (broad SMARTS) is 1. The lowest BCUT2D eigenvalue weighted by Gasteiger charge is -2.61. The molecule has 9 atom stereocenters. The van der Waals surface area contributed by atoms with Gasteiger partial charge in [0.25, 0.3) is 0 Å². The molecule has 0 unspecified atom stereocenters. The fraction of sp³-hybridized carbons (Fsp3) is 0.667. The summed E-state index contributed by atoms with van der Waals surface area (Å²) in [7, 11) is 0. The van der Waals surface area contributed by atoms with E-state index in [2.05, 4.69) is 50.4 Å². The molecule has 2 aromatic rings. The highest BCUT2D eigenvalue weighted by atomic mass is 16.6. The number of fused-ring (bicyclic) bond motifs is 8. The van der Waals surface area contributed by atoms with E-state index in [0.717, 1.165) is 43.4 Å². The number of ether oxygens (including phenoxy) is 4. The lowest BCUT2D eigenvalue weighted by molar-refractivity contribution is -0.167. The number of carboxylic acids is 1. The van der Waals surface area contributed by atoms with Crippen molar-refractivity contribution in [3.63, 3.8) is 0 Å². The molecule has 0 bridgehead atoms. The Kier molecular flexibility index (Phi) is 12.0. The standard InChI is InChI=1S/C45H61NO8/c1-29(12-17-41(47)48)38-15-16-39-36-14-13-30-26-31(18-20-44(30,2)40(36)19-21-45(38,39)3)54-42(49)28-52-25-24-51-23-22-46-43(50)53-27-37-34-10-6-4-8-32(34)33-9-5-7-11-35(33)37/h4-11,29-31,36-40H,12-28H2,1-3H3,(H,46,50)(H,47,48)/t29-,30-,31+,36+,38-,39+,40+,44+,45-/m1/s1. The summed E-state index contributed by atoms with van der Waals surface area (Å²) in [5.74, 6) is 2.96. The fourth-order valence-electron chi connectivity index (χ4n) is 12.3. The molecule has 0 saturated heterocycles. The molecule has 0 heterocycles. The first-order valence-corrected chi connectivity index (χ1v) is 20.7. The number of rotatable bonds is 15. The quantitative estimate of drug-likeness (QED) is 0.138. The van der Waals surface area contributed by atoms with E-state index in [1.54, 1.807) is 0 Å². The number of carbonyl (C=O) groups excluding carboxylic acids is 2. The maximum atomic E-state index is 12.7. The Morgan fingerprint density at radius 1 is 0.833 bits per heavy atom. The van der Waals surface area contributed by atoms with Crippen LogP contribution in [0.5, 0.6) is 0 Å². The van der Waals surface area contributed by atoms with Crippen molar-refractivity contribution in [2.45, 2.75) is 103 Å². The minimum absolute atomic E-state index is 0.0191. The summed E-state index contributed by atoms with van der Waals surface area (Å²) in [6.45, 7) is 8.77. The van der Waals surface area contributed by atoms with Gasteiger partial charge < -0.3 is 29.4 Å². The number of alkyl carbamates (subject to hydrolysis) is 1. The van der Waals surface area contributed by atoms with Crippen LogP contribution in [0.4, 0.5) is 4.79 Å². The molecule has 54 heavy (non-hydrogen) atoms. The van der Waals surface area contributed by atoms with Crippen molar-refractivity contribution in [2.24, 2.45) is 46.3 Å². The summed E-state index contributed by atoms with van der Waals surface area (Å²) in [6, 6.07) is 16.5. The second-order valence-electron chi connectivity index (χ2n) is 17.6. The Labute approximate surface area is 321 Å². The van der Waals surface area contributed by atoms with Crippen LogP contribution in [0.1, 0.15) is 108 Å². The number of benzene rings is 2. The molecule has 294 valence electrons. The third kappa shape index (κ3) is 7.95. The minimum atomic E-state index is -0.675. The first-order valence-electron chi connectivity index (χ1n) is 20.7. The molecule has 2 aromatic carbocycles. The number of aliphatic carboxylic acids is 1. The van der Waals surface area contributed by atoms with Gasteiger partial charge >= 0.3 is 18.0 Å². The zero-order chi connectivity index (χ0) is 37.9. The zero-order valence-electron chi connectivity index (χ0n) is 32.6. The normalized spacial score (nSPS) is 31.6. The topological polar surface area (TPSA) is 120 Å². The molecule has 7 rings (SSSR count). The average molecular weight is 744 g/mol. The average Bonchev–Trinajstić information content (AvgIpc) is 3.69. The van der Waals surface area contributed by atoms with Crippen LogP contribution in [-0.2, 0) is 28.5 Å². The molecule has 0 aliphatic heterocycles. The van der Waals surface area contributed by atoms with Crippen molar-refractivity contribution in [2.75, 3.05) is 39.6 Å². The summed E-state index contributed by atoms with van der Waals surface area (Å²) in [6.07, 6.45) is 11.1. The zero-order valence-corrected chi connectivity index (χ0v) is 32.6. The molecule has 1 amide bonds. The number of amides is 1. The van der Waals surface area contributed by atoms with Crippen LogP contribution >= 0.6 is 0 Å². The Hall–Kier alpha value is -3.43. The van der Waals surface area contributed by atoms with E-state index in [1.165, 1.54) is 60.8 Å². The predicted molar refractivity (Wildman–Crippen MR) is 206 cm³/mol. The fourth-order valence-corrected chi connectivity index (χ4v) is 12.3. The molecule has 9 nitrogen and oxygen atoms in total. The van der Waals surface area contributed by atoms with Gasteiger partial charge in [-0.15, -0.1) is 0 Å². The first-order chi connectivity index (χ1) is 26.1. The summed E-state index contributed by atoms with van der Waals surface area (Å²) in [5.41, 5.74) is 5.38.